The van der Waals surface area contributed by atoms with Crippen molar-refractivity contribution >= 4 is 33.9 Å². The maximum absolute atomic E-state index is 12.7. The maximum Gasteiger partial charge on any atom is 0.340 e. The first kappa shape index (κ1) is 20.2. The predicted octanol–water partition coefficient (Wildman–Crippen LogP) is 3.84. The topological polar surface area (TPSA) is 103 Å². The minimum atomic E-state index is -0.632. The first-order chi connectivity index (χ1) is 15.6. The number of benzene rings is 1. The van der Waals surface area contributed by atoms with Crippen molar-refractivity contribution in [1.29, 1.82) is 0 Å². The van der Waals surface area contributed by atoms with Crippen molar-refractivity contribution in [2.75, 3.05) is 5.32 Å². The minimum Gasteiger partial charge on any atom is -0.459 e. The molecule has 3 heterocycles. The number of carbonyl (C=O) groups excluding carboxylic acids is 2. The van der Waals surface area contributed by atoms with E-state index in [0.717, 1.165) is 31.4 Å². The highest BCUT2D eigenvalue weighted by Gasteiger charge is 2.20. The van der Waals surface area contributed by atoms with E-state index < -0.39 is 11.9 Å². The third-order valence-electron chi connectivity index (χ3n) is 5.31. The number of ether oxygens (including phenoxy) is 1. The summed E-state index contributed by atoms with van der Waals surface area (Å²) in [6.45, 7) is -0.145. The second kappa shape index (κ2) is 8.43. The van der Waals surface area contributed by atoms with Gasteiger partial charge in [0, 0.05) is 16.6 Å². The van der Waals surface area contributed by atoms with Crippen molar-refractivity contribution in [3.05, 3.63) is 86.7 Å². The summed E-state index contributed by atoms with van der Waals surface area (Å²) in [5.74, 6) is -0.977. The first-order valence-corrected chi connectivity index (χ1v) is 11.1. The molecular weight excluding hydrogens is 430 g/mol. The normalized spacial score (nSPS) is 13.0. The summed E-state index contributed by atoms with van der Waals surface area (Å²) in [6, 6.07) is 11.1. The highest BCUT2D eigenvalue weighted by atomic mass is 32.1. The molecule has 0 radical (unpaired) electrons. The van der Waals surface area contributed by atoms with Crippen LogP contribution < -0.4 is 10.9 Å². The number of furan rings is 1. The second-order valence-electron chi connectivity index (χ2n) is 7.44. The number of fused-ring (bicyclic) bond motifs is 3. The van der Waals surface area contributed by atoms with Gasteiger partial charge in [-0.3, -0.25) is 14.0 Å². The van der Waals surface area contributed by atoms with Crippen molar-refractivity contribution < 1.29 is 18.7 Å². The number of aromatic nitrogens is 2. The fourth-order valence-corrected chi connectivity index (χ4v) is 5.03. The highest BCUT2D eigenvalue weighted by Crippen LogP contribution is 2.28. The van der Waals surface area contributed by atoms with Gasteiger partial charge < -0.3 is 14.5 Å². The molecular formula is C23H19N3O5S. The Morgan fingerprint density at radius 2 is 2.00 bits per heavy atom. The lowest BCUT2D eigenvalue weighted by Crippen LogP contribution is -2.19. The lowest BCUT2D eigenvalue weighted by molar-refractivity contribution is 0.0469. The molecule has 0 aliphatic heterocycles. The van der Waals surface area contributed by atoms with E-state index in [1.165, 1.54) is 34.6 Å². The summed E-state index contributed by atoms with van der Waals surface area (Å²) in [5, 5.41) is 2.65. The Morgan fingerprint density at radius 1 is 1.16 bits per heavy atom. The summed E-state index contributed by atoms with van der Waals surface area (Å²) in [4.78, 5) is 44.0. The molecule has 0 fully saturated rings. The van der Waals surface area contributed by atoms with Gasteiger partial charge in [-0.15, -0.1) is 11.3 Å². The highest BCUT2D eigenvalue weighted by molar-refractivity contribution is 7.17. The molecule has 8 nitrogen and oxygen atoms in total. The Labute approximate surface area is 186 Å². The number of esters is 1. The summed E-state index contributed by atoms with van der Waals surface area (Å²) in [7, 11) is 0. The molecule has 0 spiro atoms. The van der Waals surface area contributed by atoms with Gasteiger partial charge in [-0.2, -0.15) is 0 Å². The van der Waals surface area contributed by atoms with E-state index in [1.54, 1.807) is 34.7 Å². The van der Waals surface area contributed by atoms with Gasteiger partial charge in [0.1, 0.15) is 6.61 Å². The molecule has 1 aliphatic carbocycles. The van der Waals surface area contributed by atoms with Gasteiger partial charge in [-0.1, -0.05) is 12.1 Å². The molecule has 32 heavy (non-hydrogen) atoms. The Bertz CT molecular complexity index is 1370. The number of carbonyl (C=O) groups is 2. The number of rotatable bonds is 5. The van der Waals surface area contributed by atoms with E-state index in [-0.39, 0.29) is 23.5 Å². The maximum atomic E-state index is 12.7. The molecule has 5 rings (SSSR count). The Morgan fingerprint density at radius 3 is 2.84 bits per heavy atom. The first-order valence-electron chi connectivity index (χ1n) is 10.2. The molecule has 0 bridgehead atoms. The van der Waals surface area contributed by atoms with Gasteiger partial charge in [0.25, 0.3) is 11.5 Å². The zero-order chi connectivity index (χ0) is 22.1. The van der Waals surface area contributed by atoms with Crippen molar-refractivity contribution in [1.82, 2.24) is 9.38 Å². The minimum absolute atomic E-state index is 0.129. The average Bonchev–Trinajstić information content (AvgIpc) is 3.46. The number of anilines is 1. The van der Waals surface area contributed by atoms with Crippen LogP contribution in [0.2, 0.25) is 0 Å². The number of amides is 1. The van der Waals surface area contributed by atoms with Crippen LogP contribution >= 0.6 is 11.3 Å². The Kier molecular flexibility index (Phi) is 5.32. The number of nitrogens with zero attached hydrogens (tertiary/aromatic N) is 2. The number of aryl methyl sites for hydroxylation is 2. The number of nitrogens with one attached hydrogen (secondary N) is 1. The van der Waals surface area contributed by atoms with Gasteiger partial charge in [-0.25, -0.2) is 9.78 Å². The Balaban J connectivity index is 1.34. The van der Waals surface area contributed by atoms with Gasteiger partial charge >= 0.3 is 5.97 Å². The fraction of sp³-hybridized carbons (Fsp3) is 0.217. The molecule has 162 valence electrons. The summed E-state index contributed by atoms with van der Waals surface area (Å²) < 4.78 is 12.2. The van der Waals surface area contributed by atoms with Crippen LogP contribution in [-0.4, -0.2) is 21.3 Å². The van der Waals surface area contributed by atoms with Crippen LogP contribution in [0.15, 0.2) is 57.9 Å². The van der Waals surface area contributed by atoms with Crippen LogP contribution in [0.1, 0.15) is 50.0 Å². The SMILES string of the molecule is O=C(Nc1ccccc1C(=O)OCc1cc(=O)n2c3c(sc2n1)CCCC3)c1ccco1. The van der Waals surface area contributed by atoms with Crippen molar-refractivity contribution in [2.24, 2.45) is 0 Å². The Hall–Kier alpha value is -3.72. The molecule has 1 aromatic carbocycles. The van der Waals surface area contributed by atoms with E-state index in [4.69, 9.17) is 9.15 Å². The van der Waals surface area contributed by atoms with Gasteiger partial charge in [0.15, 0.2) is 10.7 Å². The lowest BCUT2D eigenvalue weighted by Gasteiger charge is -2.11. The van der Waals surface area contributed by atoms with Gasteiger partial charge in [0.05, 0.1) is 23.2 Å². The van der Waals surface area contributed by atoms with Crippen LogP contribution in [0, 0.1) is 0 Å². The van der Waals surface area contributed by atoms with Crippen LogP contribution in [0.5, 0.6) is 0 Å². The molecule has 0 atom stereocenters. The molecule has 9 heteroatoms. The van der Waals surface area contributed by atoms with Crippen LogP contribution in [0.3, 0.4) is 0 Å². The number of thiazole rings is 1. The fourth-order valence-electron chi connectivity index (χ4n) is 3.79. The molecule has 1 aliphatic rings. The summed E-state index contributed by atoms with van der Waals surface area (Å²) >= 11 is 1.52. The summed E-state index contributed by atoms with van der Waals surface area (Å²) in [5.41, 5.74) is 1.77. The zero-order valence-corrected chi connectivity index (χ0v) is 17.8. The third kappa shape index (κ3) is 3.82. The summed E-state index contributed by atoms with van der Waals surface area (Å²) in [6.07, 6.45) is 5.43. The number of hydrogen-bond donors (Lipinski definition) is 1. The molecule has 1 N–H and O–H groups in total. The molecule has 4 aromatic rings. The standard InChI is InChI=1S/C23H19N3O5S/c27-20-12-14(24-23-26(20)17-8-3-4-10-19(17)32-23)13-31-22(29)15-6-1-2-7-16(15)25-21(28)18-9-5-11-30-18/h1-2,5-7,9,11-12H,3-4,8,10,13H2,(H,25,28). The van der Waals surface area contributed by atoms with Gasteiger partial charge in [-0.05, 0) is 49.9 Å². The third-order valence-corrected chi connectivity index (χ3v) is 6.45. The van der Waals surface area contributed by atoms with Crippen LogP contribution in [-0.2, 0) is 24.2 Å². The second-order valence-corrected chi connectivity index (χ2v) is 8.50. The van der Waals surface area contributed by atoms with E-state index in [2.05, 4.69) is 10.3 Å². The quantitative estimate of drug-likeness (QED) is 0.465. The number of hydrogen-bond acceptors (Lipinski definition) is 7. The van der Waals surface area contributed by atoms with Gasteiger partial charge in [0.2, 0.25) is 0 Å². The van der Waals surface area contributed by atoms with E-state index in [0.29, 0.717) is 16.3 Å². The average molecular weight is 449 g/mol. The molecule has 0 unspecified atom stereocenters. The zero-order valence-electron chi connectivity index (χ0n) is 17.0. The van der Waals surface area contributed by atoms with Crippen LogP contribution in [0.25, 0.3) is 4.96 Å². The molecule has 1 amide bonds. The number of para-hydroxylation sites is 1. The van der Waals surface area contributed by atoms with Crippen molar-refractivity contribution in [2.45, 2.75) is 32.3 Å². The van der Waals surface area contributed by atoms with Crippen LogP contribution in [0.4, 0.5) is 5.69 Å². The monoisotopic (exact) mass is 449 g/mol. The van der Waals surface area contributed by atoms with E-state index >= 15 is 0 Å². The largest absolute Gasteiger partial charge is 0.459 e. The van der Waals surface area contributed by atoms with Crippen molar-refractivity contribution in [3.8, 4) is 0 Å². The van der Waals surface area contributed by atoms with E-state index in [9.17, 15) is 14.4 Å². The molecule has 0 saturated carbocycles. The predicted molar refractivity (Wildman–Crippen MR) is 118 cm³/mol. The lowest BCUT2D eigenvalue weighted by atomic mass is 10.0. The smallest absolute Gasteiger partial charge is 0.340 e. The van der Waals surface area contributed by atoms with Crippen molar-refractivity contribution in [3.63, 3.8) is 0 Å². The molecule has 0 saturated heterocycles. The molecule has 3 aromatic heterocycles. The van der Waals surface area contributed by atoms with E-state index in [1.807, 2.05) is 0 Å².